The summed E-state index contributed by atoms with van der Waals surface area (Å²) in [5.41, 5.74) is 7.48. The molecule has 0 amide bonds. The Balaban J connectivity index is 2.05. The highest BCUT2D eigenvalue weighted by Crippen LogP contribution is 2.16. The topological polar surface area (TPSA) is 74.4 Å². The summed E-state index contributed by atoms with van der Waals surface area (Å²) in [6, 6.07) is 8.83. The van der Waals surface area contributed by atoms with Gasteiger partial charge >= 0.3 is 5.97 Å². The highest BCUT2D eigenvalue weighted by Gasteiger charge is 2.06. The van der Waals surface area contributed by atoms with Gasteiger partial charge in [-0.25, -0.2) is 4.79 Å². The van der Waals surface area contributed by atoms with Crippen LogP contribution in [-0.2, 0) is 11.3 Å². The zero-order valence-corrected chi connectivity index (χ0v) is 10.5. The molecule has 1 heterocycles. The van der Waals surface area contributed by atoms with Crippen LogP contribution in [0.4, 0.5) is 5.69 Å². The maximum Gasteiger partial charge on any atom is 0.339 e. The van der Waals surface area contributed by atoms with Crippen molar-refractivity contribution in [1.29, 1.82) is 0 Å². The van der Waals surface area contributed by atoms with Gasteiger partial charge in [0.25, 0.3) is 0 Å². The van der Waals surface area contributed by atoms with Crippen LogP contribution in [0.25, 0.3) is 0 Å². The Morgan fingerprint density at radius 2 is 2.16 bits per heavy atom. The molecule has 0 atom stereocenters. The Bertz CT molecular complexity index is 584. The maximum atomic E-state index is 11.4. The third kappa shape index (κ3) is 3.45. The molecule has 0 bridgehead atoms. The Hall–Kier alpha value is -2.56. The summed E-state index contributed by atoms with van der Waals surface area (Å²) in [6.07, 6.45) is 3.09. The van der Waals surface area contributed by atoms with Crippen LogP contribution in [0.3, 0.4) is 0 Å². The van der Waals surface area contributed by atoms with E-state index in [0.717, 1.165) is 5.56 Å². The average Bonchev–Trinajstić information content (AvgIpc) is 2.45. The first-order chi connectivity index (χ1) is 9.19. The van der Waals surface area contributed by atoms with E-state index in [4.69, 9.17) is 10.5 Å². The molecule has 0 unspecified atom stereocenters. The molecule has 5 heteroatoms. The van der Waals surface area contributed by atoms with Crippen molar-refractivity contribution in [3.05, 3.63) is 53.9 Å². The molecule has 0 aliphatic heterocycles. The third-order valence-corrected chi connectivity index (χ3v) is 2.48. The summed E-state index contributed by atoms with van der Waals surface area (Å²) in [6.45, 7) is 0.307. The van der Waals surface area contributed by atoms with E-state index in [0.29, 0.717) is 23.6 Å². The lowest BCUT2D eigenvalue weighted by Crippen LogP contribution is -2.04. The quantitative estimate of drug-likeness (QED) is 0.671. The predicted molar refractivity (Wildman–Crippen MR) is 70.8 cm³/mol. The Morgan fingerprint density at radius 3 is 2.89 bits per heavy atom. The van der Waals surface area contributed by atoms with Crippen molar-refractivity contribution in [3.8, 4) is 5.75 Å². The van der Waals surface area contributed by atoms with Crippen LogP contribution < -0.4 is 10.5 Å². The largest absolute Gasteiger partial charge is 0.489 e. The van der Waals surface area contributed by atoms with E-state index in [1.165, 1.54) is 13.3 Å². The number of hydrogen-bond donors (Lipinski definition) is 1. The van der Waals surface area contributed by atoms with Crippen LogP contribution in [0, 0.1) is 0 Å². The number of anilines is 1. The summed E-state index contributed by atoms with van der Waals surface area (Å²) in [7, 11) is 1.33. The van der Waals surface area contributed by atoms with E-state index < -0.39 is 5.97 Å². The van der Waals surface area contributed by atoms with Crippen molar-refractivity contribution in [1.82, 2.24) is 4.98 Å². The predicted octanol–water partition coefficient (Wildman–Crippen LogP) is 2.03. The second-order valence-electron chi connectivity index (χ2n) is 3.93. The number of esters is 1. The van der Waals surface area contributed by atoms with Crippen molar-refractivity contribution in [3.63, 3.8) is 0 Å². The van der Waals surface area contributed by atoms with Gasteiger partial charge in [-0.2, -0.15) is 0 Å². The van der Waals surface area contributed by atoms with Crippen molar-refractivity contribution in [2.45, 2.75) is 6.61 Å². The van der Waals surface area contributed by atoms with Gasteiger partial charge in [-0.1, -0.05) is 6.07 Å². The molecule has 0 spiro atoms. The monoisotopic (exact) mass is 258 g/mol. The molecule has 2 aromatic rings. The molecule has 1 aromatic carbocycles. The minimum atomic E-state index is -0.418. The minimum absolute atomic E-state index is 0.307. The number of nitrogen functional groups attached to an aromatic ring is 1. The summed E-state index contributed by atoms with van der Waals surface area (Å²) in [4.78, 5) is 15.3. The molecule has 2 N–H and O–H groups in total. The van der Waals surface area contributed by atoms with Gasteiger partial charge in [-0.3, -0.25) is 4.98 Å². The first kappa shape index (κ1) is 12.9. The smallest absolute Gasteiger partial charge is 0.339 e. The van der Waals surface area contributed by atoms with Gasteiger partial charge in [0.2, 0.25) is 0 Å². The lowest BCUT2D eigenvalue weighted by atomic mass is 10.2. The molecule has 0 fully saturated rings. The number of aromatic nitrogens is 1. The van der Waals surface area contributed by atoms with E-state index in [-0.39, 0.29) is 0 Å². The molecule has 2 rings (SSSR count). The highest BCUT2D eigenvalue weighted by molar-refractivity contribution is 5.89. The van der Waals surface area contributed by atoms with E-state index in [1.54, 1.807) is 24.4 Å². The Morgan fingerprint density at radius 1 is 1.32 bits per heavy atom. The number of carbonyl (C=O) groups excluding carboxylic acids is 1. The number of nitrogens with two attached hydrogens (primary N) is 1. The number of hydrogen-bond acceptors (Lipinski definition) is 5. The number of carbonyl (C=O) groups is 1. The summed E-state index contributed by atoms with van der Waals surface area (Å²) >= 11 is 0. The molecule has 0 aliphatic rings. The molecule has 19 heavy (non-hydrogen) atoms. The summed E-state index contributed by atoms with van der Waals surface area (Å²) in [5, 5.41) is 0. The van der Waals surface area contributed by atoms with Gasteiger partial charge in [0.1, 0.15) is 12.4 Å². The SMILES string of the molecule is COC(=O)c1cncc(COc2cccc(N)c2)c1. The van der Waals surface area contributed by atoms with Gasteiger partial charge in [0, 0.05) is 29.7 Å². The van der Waals surface area contributed by atoms with Crippen LogP contribution in [0.1, 0.15) is 15.9 Å². The fourth-order valence-corrected chi connectivity index (χ4v) is 1.57. The van der Waals surface area contributed by atoms with Gasteiger partial charge in [-0.05, 0) is 18.2 Å². The van der Waals surface area contributed by atoms with Crippen LogP contribution in [0.5, 0.6) is 5.75 Å². The normalized spacial score (nSPS) is 9.95. The van der Waals surface area contributed by atoms with Crippen LogP contribution >= 0.6 is 0 Å². The van der Waals surface area contributed by atoms with Crippen molar-refractivity contribution in [2.24, 2.45) is 0 Å². The van der Waals surface area contributed by atoms with E-state index in [9.17, 15) is 4.79 Å². The van der Waals surface area contributed by atoms with Gasteiger partial charge in [-0.15, -0.1) is 0 Å². The highest BCUT2D eigenvalue weighted by atomic mass is 16.5. The average molecular weight is 258 g/mol. The molecular formula is C14H14N2O3. The first-order valence-electron chi connectivity index (χ1n) is 5.69. The van der Waals surface area contributed by atoms with Gasteiger partial charge in [0.15, 0.2) is 0 Å². The van der Waals surface area contributed by atoms with Crippen molar-refractivity contribution in [2.75, 3.05) is 12.8 Å². The van der Waals surface area contributed by atoms with Crippen LogP contribution in [0.15, 0.2) is 42.7 Å². The fraction of sp³-hybridized carbons (Fsp3) is 0.143. The molecule has 0 saturated carbocycles. The van der Waals surface area contributed by atoms with Crippen LogP contribution in [0.2, 0.25) is 0 Å². The second-order valence-corrected chi connectivity index (χ2v) is 3.93. The molecule has 1 aromatic heterocycles. The molecular weight excluding hydrogens is 244 g/mol. The van der Waals surface area contributed by atoms with Crippen molar-refractivity contribution >= 4 is 11.7 Å². The minimum Gasteiger partial charge on any atom is -0.489 e. The number of pyridine rings is 1. The summed E-state index contributed by atoms with van der Waals surface area (Å²) in [5.74, 6) is 0.252. The first-order valence-corrected chi connectivity index (χ1v) is 5.69. The fourth-order valence-electron chi connectivity index (χ4n) is 1.57. The molecule has 0 saturated heterocycles. The Kier molecular flexibility index (Phi) is 3.97. The van der Waals surface area contributed by atoms with Gasteiger partial charge < -0.3 is 15.2 Å². The number of methoxy groups -OCH3 is 1. The standard InChI is InChI=1S/C14H14N2O3/c1-18-14(17)11-5-10(7-16-8-11)9-19-13-4-2-3-12(15)6-13/h2-8H,9,15H2,1H3. The molecule has 0 radical (unpaired) electrons. The summed E-state index contributed by atoms with van der Waals surface area (Å²) < 4.78 is 10.2. The lowest BCUT2D eigenvalue weighted by molar-refractivity contribution is 0.0600. The van der Waals surface area contributed by atoms with Gasteiger partial charge in [0.05, 0.1) is 12.7 Å². The van der Waals surface area contributed by atoms with E-state index in [1.807, 2.05) is 12.1 Å². The third-order valence-electron chi connectivity index (χ3n) is 2.48. The lowest BCUT2D eigenvalue weighted by Gasteiger charge is -2.07. The number of benzene rings is 1. The van der Waals surface area contributed by atoms with E-state index in [2.05, 4.69) is 9.72 Å². The number of nitrogens with zero attached hydrogens (tertiary/aromatic N) is 1. The number of ether oxygens (including phenoxy) is 2. The maximum absolute atomic E-state index is 11.4. The second kappa shape index (κ2) is 5.86. The Labute approximate surface area is 111 Å². The number of rotatable bonds is 4. The zero-order chi connectivity index (χ0) is 13.7. The molecule has 5 nitrogen and oxygen atoms in total. The zero-order valence-electron chi connectivity index (χ0n) is 10.5. The molecule has 98 valence electrons. The molecule has 0 aliphatic carbocycles. The van der Waals surface area contributed by atoms with Crippen molar-refractivity contribution < 1.29 is 14.3 Å². The van der Waals surface area contributed by atoms with E-state index >= 15 is 0 Å². The van der Waals surface area contributed by atoms with Crippen LogP contribution in [-0.4, -0.2) is 18.1 Å².